The summed E-state index contributed by atoms with van der Waals surface area (Å²) in [6.07, 6.45) is 0.160. The van der Waals surface area contributed by atoms with Crippen molar-refractivity contribution >= 4 is 15.9 Å². The predicted octanol–water partition coefficient (Wildman–Crippen LogP) is 4.07. The van der Waals surface area contributed by atoms with Gasteiger partial charge in [-0.1, -0.05) is 29.8 Å². The Kier molecular flexibility index (Phi) is 3.82. The van der Waals surface area contributed by atoms with Gasteiger partial charge in [0.2, 0.25) is 0 Å². The fraction of sp³-hybridized carbons (Fsp3) is 0.455. The van der Waals surface area contributed by atoms with Gasteiger partial charge in [0.15, 0.2) is 11.6 Å². The summed E-state index contributed by atoms with van der Waals surface area (Å²) < 4.78 is 39.5. The minimum absolute atomic E-state index is 0.160. The highest BCUT2D eigenvalue weighted by atomic mass is 79.9. The second-order valence-corrected chi connectivity index (χ2v) is 4.86. The second kappa shape index (κ2) is 4.56. The van der Waals surface area contributed by atoms with Gasteiger partial charge < -0.3 is 0 Å². The minimum atomic E-state index is -1.08. The van der Waals surface area contributed by atoms with E-state index in [9.17, 15) is 13.2 Å². The van der Waals surface area contributed by atoms with Gasteiger partial charge in [-0.05, 0) is 24.0 Å². The lowest BCUT2D eigenvalue weighted by molar-refractivity contribution is 0.392. The summed E-state index contributed by atoms with van der Waals surface area (Å²) >= 11 is 3.26. The van der Waals surface area contributed by atoms with Gasteiger partial charge in [-0.15, -0.1) is 0 Å². The SMILES string of the molecule is CC(C)(CBr)Cc1c(F)ccc(F)c1F. The van der Waals surface area contributed by atoms with Gasteiger partial charge in [0.1, 0.15) is 5.82 Å². The Hall–Kier alpha value is -0.510. The molecule has 4 heteroatoms. The van der Waals surface area contributed by atoms with Crippen LogP contribution in [0.5, 0.6) is 0 Å². The Balaban J connectivity index is 3.09. The van der Waals surface area contributed by atoms with Gasteiger partial charge in [-0.2, -0.15) is 0 Å². The fourth-order valence-electron chi connectivity index (χ4n) is 1.26. The molecule has 0 atom stereocenters. The molecule has 0 aromatic heterocycles. The first kappa shape index (κ1) is 12.6. The lowest BCUT2D eigenvalue weighted by Gasteiger charge is -2.22. The zero-order chi connectivity index (χ0) is 11.6. The Morgan fingerprint density at radius 2 is 1.67 bits per heavy atom. The molecule has 0 heterocycles. The molecule has 0 aliphatic heterocycles. The van der Waals surface area contributed by atoms with Crippen molar-refractivity contribution in [2.75, 3.05) is 5.33 Å². The third-order valence-corrected chi connectivity index (χ3v) is 3.67. The molecular formula is C11H12BrF3. The molecular weight excluding hydrogens is 269 g/mol. The second-order valence-electron chi connectivity index (χ2n) is 4.30. The van der Waals surface area contributed by atoms with Crippen LogP contribution in [0.3, 0.4) is 0 Å². The van der Waals surface area contributed by atoms with Gasteiger partial charge in [0.25, 0.3) is 0 Å². The summed E-state index contributed by atoms with van der Waals surface area (Å²) in [6.45, 7) is 3.71. The maximum absolute atomic E-state index is 13.3. The number of hydrogen-bond acceptors (Lipinski definition) is 0. The van der Waals surface area contributed by atoms with Gasteiger partial charge in [-0.25, -0.2) is 13.2 Å². The lowest BCUT2D eigenvalue weighted by atomic mass is 9.87. The highest BCUT2D eigenvalue weighted by Gasteiger charge is 2.23. The summed E-state index contributed by atoms with van der Waals surface area (Å²) in [4.78, 5) is 0. The molecule has 0 aliphatic carbocycles. The van der Waals surface area contributed by atoms with Crippen molar-refractivity contribution in [3.05, 3.63) is 35.1 Å². The Morgan fingerprint density at radius 3 is 2.20 bits per heavy atom. The zero-order valence-corrected chi connectivity index (χ0v) is 10.2. The molecule has 0 bridgehead atoms. The van der Waals surface area contributed by atoms with Crippen LogP contribution in [0.4, 0.5) is 13.2 Å². The molecule has 1 rings (SSSR count). The van der Waals surface area contributed by atoms with Crippen LogP contribution in [-0.4, -0.2) is 5.33 Å². The van der Waals surface area contributed by atoms with E-state index >= 15 is 0 Å². The molecule has 0 fully saturated rings. The zero-order valence-electron chi connectivity index (χ0n) is 8.58. The van der Waals surface area contributed by atoms with Gasteiger partial charge in [0, 0.05) is 10.9 Å². The van der Waals surface area contributed by atoms with E-state index in [1.54, 1.807) is 0 Å². The van der Waals surface area contributed by atoms with Crippen LogP contribution >= 0.6 is 15.9 Å². The van der Waals surface area contributed by atoms with E-state index in [0.717, 1.165) is 12.1 Å². The standard InChI is InChI=1S/C11H12BrF3/c1-11(2,6-12)5-7-8(13)3-4-9(14)10(7)15/h3-4H,5-6H2,1-2H3. The van der Waals surface area contributed by atoms with Crippen LogP contribution in [0.25, 0.3) is 0 Å². The number of benzene rings is 1. The number of alkyl halides is 1. The average molecular weight is 281 g/mol. The van der Waals surface area contributed by atoms with Crippen LogP contribution in [0.1, 0.15) is 19.4 Å². The molecule has 1 aromatic carbocycles. The van der Waals surface area contributed by atoms with Crippen molar-refractivity contribution in [1.82, 2.24) is 0 Å². The largest absolute Gasteiger partial charge is 0.207 e. The molecule has 0 aliphatic rings. The molecule has 0 N–H and O–H groups in total. The average Bonchev–Trinajstić information content (AvgIpc) is 2.19. The van der Waals surface area contributed by atoms with Crippen LogP contribution in [0.15, 0.2) is 12.1 Å². The first-order valence-corrected chi connectivity index (χ1v) is 5.68. The summed E-state index contributed by atoms with van der Waals surface area (Å²) in [5, 5.41) is 0.593. The van der Waals surface area contributed by atoms with Crippen molar-refractivity contribution in [2.24, 2.45) is 5.41 Å². The van der Waals surface area contributed by atoms with E-state index < -0.39 is 17.5 Å². The molecule has 0 nitrogen and oxygen atoms in total. The molecule has 0 radical (unpaired) electrons. The summed E-state index contributed by atoms with van der Waals surface area (Å²) in [6, 6.07) is 1.76. The number of hydrogen-bond donors (Lipinski definition) is 0. The van der Waals surface area contributed by atoms with Gasteiger partial charge in [-0.3, -0.25) is 0 Å². The van der Waals surface area contributed by atoms with Crippen LogP contribution in [0, 0.1) is 22.9 Å². The Bertz CT molecular complexity index is 361. The molecule has 1 aromatic rings. The Labute approximate surface area is 95.6 Å². The molecule has 15 heavy (non-hydrogen) atoms. The fourth-order valence-corrected chi connectivity index (χ4v) is 1.46. The van der Waals surface area contributed by atoms with E-state index in [1.165, 1.54) is 0 Å². The number of rotatable bonds is 3. The summed E-state index contributed by atoms with van der Waals surface area (Å²) in [5.41, 5.74) is -0.491. The maximum atomic E-state index is 13.3. The van der Waals surface area contributed by atoms with E-state index in [1.807, 2.05) is 13.8 Å². The highest BCUT2D eigenvalue weighted by molar-refractivity contribution is 9.09. The molecule has 0 unspecified atom stereocenters. The third kappa shape index (κ3) is 2.97. The van der Waals surface area contributed by atoms with Crippen molar-refractivity contribution in [1.29, 1.82) is 0 Å². The molecule has 0 amide bonds. The molecule has 84 valence electrons. The van der Waals surface area contributed by atoms with E-state index in [0.29, 0.717) is 5.33 Å². The lowest BCUT2D eigenvalue weighted by Crippen LogP contribution is -2.18. The first-order chi connectivity index (χ1) is 6.87. The van der Waals surface area contributed by atoms with E-state index in [4.69, 9.17) is 0 Å². The van der Waals surface area contributed by atoms with Gasteiger partial charge >= 0.3 is 0 Å². The van der Waals surface area contributed by atoms with E-state index in [-0.39, 0.29) is 17.4 Å². The van der Waals surface area contributed by atoms with Crippen molar-refractivity contribution in [3.63, 3.8) is 0 Å². The predicted molar refractivity (Wildman–Crippen MR) is 57.6 cm³/mol. The van der Waals surface area contributed by atoms with Crippen molar-refractivity contribution < 1.29 is 13.2 Å². The molecule has 0 saturated carbocycles. The van der Waals surface area contributed by atoms with Crippen LogP contribution in [-0.2, 0) is 6.42 Å². The quantitative estimate of drug-likeness (QED) is 0.578. The Morgan fingerprint density at radius 1 is 1.13 bits per heavy atom. The maximum Gasteiger partial charge on any atom is 0.164 e. The van der Waals surface area contributed by atoms with Crippen molar-refractivity contribution in [2.45, 2.75) is 20.3 Å². The highest BCUT2D eigenvalue weighted by Crippen LogP contribution is 2.27. The molecule has 0 saturated heterocycles. The van der Waals surface area contributed by atoms with Crippen LogP contribution in [0.2, 0.25) is 0 Å². The van der Waals surface area contributed by atoms with Crippen molar-refractivity contribution in [3.8, 4) is 0 Å². The normalized spacial score (nSPS) is 11.9. The third-order valence-electron chi connectivity index (χ3n) is 2.16. The smallest absolute Gasteiger partial charge is 0.164 e. The summed E-state index contributed by atoms with van der Waals surface area (Å²) in [5.74, 6) is -2.77. The topological polar surface area (TPSA) is 0 Å². The van der Waals surface area contributed by atoms with E-state index in [2.05, 4.69) is 15.9 Å². The van der Waals surface area contributed by atoms with Crippen LogP contribution < -0.4 is 0 Å². The molecule has 0 spiro atoms. The first-order valence-electron chi connectivity index (χ1n) is 4.56. The van der Waals surface area contributed by atoms with Gasteiger partial charge in [0.05, 0.1) is 0 Å². The minimum Gasteiger partial charge on any atom is -0.207 e. The number of halogens is 4. The summed E-state index contributed by atoms with van der Waals surface area (Å²) in [7, 11) is 0. The monoisotopic (exact) mass is 280 g/mol.